The lowest BCUT2D eigenvalue weighted by molar-refractivity contribution is -0.138. The van der Waals surface area contributed by atoms with E-state index < -0.39 is 18.6 Å². The zero-order chi connectivity index (χ0) is 11.6. The van der Waals surface area contributed by atoms with Gasteiger partial charge < -0.3 is 10.8 Å². The number of hydrogen-bond donors (Lipinski definition) is 2. The van der Waals surface area contributed by atoms with Crippen LogP contribution in [0.2, 0.25) is 0 Å². The fraction of sp³-hybridized carbons (Fsp3) is 0.400. The van der Waals surface area contributed by atoms with Crippen LogP contribution in [0.3, 0.4) is 0 Å². The van der Waals surface area contributed by atoms with Crippen molar-refractivity contribution < 1.29 is 18.3 Å². The predicted molar refractivity (Wildman–Crippen MR) is 50.4 cm³/mol. The van der Waals surface area contributed by atoms with Gasteiger partial charge in [0.1, 0.15) is 5.75 Å². The van der Waals surface area contributed by atoms with Crippen molar-refractivity contribution in [3.63, 3.8) is 0 Å². The maximum absolute atomic E-state index is 12.1. The molecule has 3 N–H and O–H groups in total. The quantitative estimate of drug-likeness (QED) is 0.803. The fourth-order valence-corrected chi connectivity index (χ4v) is 1.33. The number of alkyl halides is 3. The maximum atomic E-state index is 12.1. The first kappa shape index (κ1) is 11.8. The molecule has 0 amide bonds. The molecule has 1 aromatic rings. The third kappa shape index (κ3) is 3.43. The number of halogens is 3. The molecule has 1 aromatic carbocycles. The van der Waals surface area contributed by atoms with E-state index in [1.165, 1.54) is 12.1 Å². The summed E-state index contributed by atoms with van der Waals surface area (Å²) in [4.78, 5) is 0. The molecule has 0 saturated heterocycles. The topological polar surface area (TPSA) is 46.2 Å². The Morgan fingerprint density at radius 1 is 1.40 bits per heavy atom. The van der Waals surface area contributed by atoms with Crippen LogP contribution in [0.1, 0.15) is 23.6 Å². The van der Waals surface area contributed by atoms with Gasteiger partial charge in [-0.3, -0.25) is 0 Å². The lowest BCUT2D eigenvalue weighted by Crippen LogP contribution is -2.20. The van der Waals surface area contributed by atoms with Crippen molar-refractivity contribution in [1.82, 2.24) is 0 Å². The van der Waals surface area contributed by atoms with Crippen LogP contribution in [-0.4, -0.2) is 11.3 Å². The highest BCUT2D eigenvalue weighted by molar-refractivity contribution is 5.37. The number of phenols is 1. The maximum Gasteiger partial charge on any atom is 0.390 e. The van der Waals surface area contributed by atoms with E-state index in [4.69, 9.17) is 5.73 Å². The minimum Gasteiger partial charge on any atom is -0.508 e. The second-order valence-corrected chi connectivity index (χ2v) is 3.49. The van der Waals surface area contributed by atoms with Crippen molar-refractivity contribution in [2.75, 3.05) is 0 Å². The van der Waals surface area contributed by atoms with Gasteiger partial charge in [-0.15, -0.1) is 0 Å². The first-order valence-electron chi connectivity index (χ1n) is 4.41. The Labute approximate surface area is 85.5 Å². The summed E-state index contributed by atoms with van der Waals surface area (Å²) in [5.41, 5.74) is 6.27. The van der Waals surface area contributed by atoms with Gasteiger partial charge >= 0.3 is 6.18 Å². The summed E-state index contributed by atoms with van der Waals surface area (Å²) in [6, 6.07) is 3.20. The van der Waals surface area contributed by atoms with Crippen LogP contribution in [0.5, 0.6) is 5.75 Å². The van der Waals surface area contributed by atoms with Gasteiger partial charge in [0.15, 0.2) is 0 Å². The summed E-state index contributed by atoms with van der Waals surface area (Å²) < 4.78 is 36.2. The zero-order valence-corrected chi connectivity index (χ0v) is 8.17. The minimum atomic E-state index is -4.32. The summed E-state index contributed by atoms with van der Waals surface area (Å²) in [7, 11) is 0. The highest BCUT2D eigenvalue weighted by atomic mass is 19.4. The summed E-state index contributed by atoms with van der Waals surface area (Å²) in [6.07, 6.45) is -5.46. The Bertz CT molecular complexity index is 349. The molecule has 1 atom stereocenters. The molecular formula is C10H12F3NO. The Morgan fingerprint density at radius 3 is 2.53 bits per heavy atom. The number of aromatic hydroxyl groups is 1. The molecule has 0 aliphatic carbocycles. The van der Waals surface area contributed by atoms with Crippen LogP contribution < -0.4 is 5.73 Å². The Morgan fingerprint density at radius 2 is 2.00 bits per heavy atom. The van der Waals surface area contributed by atoms with Crippen molar-refractivity contribution >= 4 is 0 Å². The largest absolute Gasteiger partial charge is 0.508 e. The van der Waals surface area contributed by atoms with Crippen LogP contribution in [0.25, 0.3) is 0 Å². The molecule has 2 nitrogen and oxygen atoms in total. The van der Waals surface area contributed by atoms with Crippen molar-refractivity contribution in [3.8, 4) is 5.75 Å². The van der Waals surface area contributed by atoms with Crippen LogP contribution in [0.15, 0.2) is 18.2 Å². The second-order valence-electron chi connectivity index (χ2n) is 3.49. The van der Waals surface area contributed by atoms with Crippen molar-refractivity contribution in [2.24, 2.45) is 5.73 Å². The predicted octanol–water partition coefficient (Wildman–Crippen LogP) is 2.65. The lowest BCUT2D eigenvalue weighted by Gasteiger charge is -2.16. The van der Waals surface area contributed by atoms with E-state index in [1.807, 2.05) is 0 Å². The minimum absolute atomic E-state index is 0.132. The van der Waals surface area contributed by atoms with Gasteiger partial charge in [-0.05, 0) is 13.0 Å². The van der Waals surface area contributed by atoms with Crippen LogP contribution in [-0.2, 0) is 0 Å². The number of aryl methyl sites for hydroxylation is 1. The number of nitrogens with two attached hydrogens (primary N) is 1. The first-order valence-corrected chi connectivity index (χ1v) is 4.41. The fourth-order valence-electron chi connectivity index (χ4n) is 1.33. The van der Waals surface area contributed by atoms with Crippen molar-refractivity contribution in [3.05, 3.63) is 29.3 Å². The van der Waals surface area contributed by atoms with Gasteiger partial charge in [0.05, 0.1) is 6.42 Å². The van der Waals surface area contributed by atoms with E-state index in [-0.39, 0.29) is 11.3 Å². The Hall–Kier alpha value is -1.23. The SMILES string of the molecule is Cc1ccc(O)c([C@@H](N)CC(F)(F)F)c1. The van der Waals surface area contributed by atoms with Gasteiger partial charge in [0, 0.05) is 11.6 Å². The molecule has 0 fully saturated rings. The standard InChI is InChI=1S/C10H12F3NO/c1-6-2-3-9(15)7(4-6)8(14)5-10(11,12)13/h2-4,8,15H,5,14H2,1H3/t8-/m0/s1. The smallest absolute Gasteiger partial charge is 0.390 e. The molecule has 0 bridgehead atoms. The second kappa shape index (κ2) is 4.10. The van der Waals surface area contributed by atoms with Crippen LogP contribution in [0, 0.1) is 6.92 Å². The molecule has 0 aliphatic rings. The zero-order valence-electron chi connectivity index (χ0n) is 8.17. The van der Waals surface area contributed by atoms with Crippen LogP contribution >= 0.6 is 0 Å². The molecule has 1 rings (SSSR count). The normalized spacial score (nSPS) is 13.9. The molecule has 0 aliphatic heterocycles. The Kier molecular flexibility index (Phi) is 3.24. The summed E-state index contributed by atoms with van der Waals surface area (Å²) >= 11 is 0. The molecule has 0 radical (unpaired) electrons. The van der Waals surface area contributed by atoms with E-state index >= 15 is 0 Å². The van der Waals surface area contributed by atoms with Gasteiger partial charge in [0.2, 0.25) is 0 Å². The lowest BCUT2D eigenvalue weighted by atomic mass is 10.0. The van der Waals surface area contributed by atoms with Crippen LogP contribution in [0.4, 0.5) is 13.2 Å². The highest BCUT2D eigenvalue weighted by Gasteiger charge is 2.31. The van der Waals surface area contributed by atoms with E-state index in [2.05, 4.69) is 0 Å². The third-order valence-electron chi connectivity index (χ3n) is 2.03. The monoisotopic (exact) mass is 219 g/mol. The summed E-state index contributed by atoms with van der Waals surface area (Å²) in [5, 5.41) is 9.35. The average molecular weight is 219 g/mol. The molecule has 0 heterocycles. The van der Waals surface area contributed by atoms with Crippen molar-refractivity contribution in [1.29, 1.82) is 0 Å². The number of phenolic OH excluding ortho intramolecular Hbond substituents is 1. The molecule has 0 spiro atoms. The molecule has 0 aromatic heterocycles. The molecular weight excluding hydrogens is 207 g/mol. The highest BCUT2D eigenvalue weighted by Crippen LogP contribution is 2.32. The molecule has 0 saturated carbocycles. The molecule has 15 heavy (non-hydrogen) atoms. The summed E-state index contributed by atoms with van der Waals surface area (Å²) in [6.45, 7) is 1.73. The first-order chi connectivity index (χ1) is 6.79. The van der Waals surface area contributed by atoms with Gasteiger partial charge in [-0.1, -0.05) is 17.7 Å². The van der Waals surface area contributed by atoms with E-state index in [0.29, 0.717) is 0 Å². The third-order valence-corrected chi connectivity index (χ3v) is 2.03. The molecule has 5 heteroatoms. The van der Waals surface area contributed by atoms with E-state index in [9.17, 15) is 18.3 Å². The Balaban J connectivity index is 2.90. The number of rotatable bonds is 2. The van der Waals surface area contributed by atoms with Gasteiger partial charge in [0.25, 0.3) is 0 Å². The number of hydrogen-bond acceptors (Lipinski definition) is 2. The average Bonchev–Trinajstić information content (AvgIpc) is 2.06. The van der Waals surface area contributed by atoms with Gasteiger partial charge in [-0.2, -0.15) is 13.2 Å². The summed E-state index contributed by atoms with van der Waals surface area (Å²) in [5.74, 6) is -0.197. The van der Waals surface area contributed by atoms with Gasteiger partial charge in [-0.25, -0.2) is 0 Å². The number of benzene rings is 1. The van der Waals surface area contributed by atoms with E-state index in [1.54, 1.807) is 13.0 Å². The van der Waals surface area contributed by atoms with E-state index in [0.717, 1.165) is 5.56 Å². The molecule has 84 valence electrons. The molecule has 0 unspecified atom stereocenters. The van der Waals surface area contributed by atoms with Crippen molar-refractivity contribution in [2.45, 2.75) is 25.6 Å².